The number of aryl methyl sites for hydroxylation is 1. The molecular weight excluding hydrogens is 252 g/mol. The fourth-order valence-corrected chi connectivity index (χ4v) is 2.95. The molecular formula is C15H20N4O. The number of piperidine rings is 1. The average Bonchev–Trinajstić information content (AvgIpc) is 3.01. The molecule has 2 saturated heterocycles. The quantitative estimate of drug-likeness (QED) is 0.824. The van der Waals surface area contributed by atoms with Gasteiger partial charge in [-0.25, -0.2) is 9.97 Å². The highest BCUT2D eigenvalue weighted by molar-refractivity contribution is 5.41. The molecule has 0 amide bonds. The molecule has 0 spiro atoms. The van der Waals surface area contributed by atoms with E-state index in [0.717, 1.165) is 62.9 Å². The molecule has 0 aliphatic carbocycles. The molecule has 2 aliphatic heterocycles. The van der Waals surface area contributed by atoms with Gasteiger partial charge in [-0.1, -0.05) is 0 Å². The third kappa shape index (κ3) is 2.75. The Bertz CT molecular complexity index is 511. The van der Waals surface area contributed by atoms with Crippen LogP contribution < -0.4 is 4.90 Å². The molecule has 5 heteroatoms. The van der Waals surface area contributed by atoms with Crippen LogP contribution in [0.5, 0.6) is 0 Å². The molecule has 20 heavy (non-hydrogen) atoms. The molecule has 3 rings (SSSR count). The number of anilines is 1. The standard InChI is InChI=1S/C15H20N4O/c1-11-17-14(13-4-7-20-10-13)8-15(18-11)19-5-2-12(9-16)3-6-19/h8,12-13H,2-7,10H2,1H3/t13-/m0/s1. The Balaban J connectivity index is 1.78. The van der Waals surface area contributed by atoms with Gasteiger partial charge in [-0.15, -0.1) is 0 Å². The molecule has 1 aromatic rings. The summed E-state index contributed by atoms with van der Waals surface area (Å²) in [7, 11) is 0. The van der Waals surface area contributed by atoms with Crippen molar-refractivity contribution in [2.24, 2.45) is 5.92 Å². The van der Waals surface area contributed by atoms with E-state index in [9.17, 15) is 0 Å². The maximum atomic E-state index is 8.97. The van der Waals surface area contributed by atoms with Crippen molar-refractivity contribution in [1.29, 1.82) is 5.26 Å². The van der Waals surface area contributed by atoms with Crippen LogP contribution in [0.2, 0.25) is 0 Å². The zero-order valence-corrected chi connectivity index (χ0v) is 11.9. The van der Waals surface area contributed by atoms with Crippen molar-refractivity contribution >= 4 is 5.82 Å². The Morgan fingerprint density at radius 3 is 2.75 bits per heavy atom. The topological polar surface area (TPSA) is 62.0 Å². The first-order chi connectivity index (χ1) is 9.76. The predicted molar refractivity (Wildman–Crippen MR) is 75.5 cm³/mol. The fraction of sp³-hybridized carbons (Fsp3) is 0.667. The van der Waals surface area contributed by atoms with Crippen LogP contribution in [0.25, 0.3) is 0 Å². The number of hydrogen-bond donors (Lipinski definition) is 0. The summed E-state index contributed by atoms with van der Waals surface area (Å²) in [6.45, 7) is 5.37. The molecule has 2 fully saturated rings. The number of nitriles is 1. The van der Waals surface area contributed by atoms with Crippen LogP contribution in [0.3, 0.4) is 0 Å². The molecule has 1 atom stereocenters. The highest BCUT2D eigenvalue weighted by Gasteiger charge is 2.23. The van der Waals surface area contributed by atoms with Crippen LogP contribution in [-0.4, -0.2) is 36.3 Å². The molecule has 1 aromatic heterocycles. The van der Waals surface area contributed by atoms with E-state index in [1.54, 1.807) is 0 Å². The van der Waals surface area contributed by atoms with Crippen molar-refractivity contribution in [1.82, 2.24) is 9.97 Å². The van der Waals surface area contributed by atoms with Gasteiger partial charge in [0, 0.05) is 37.6 Å². The van der Waals surface area contributed by atoms with E-state index in [-0.39, 0.29) is 5.92 Å². The summed E-state index contributed by atoms with van der Waals surface area (Å²) in [5, 5.41) is 8.97. The van der Waals surface area contributed by atoms with E-state index in [0.29, 0.717) is 5.92 Å². The minimum atomic E-state index is 0.205. The third-order valence-electron chi connectivity index (χ3n) is 4.19. The van der Waals surface area contributed by atoms with E-state index < -0.39 is 0 Å². The lowest BCUT2D eigenvalue weighted by Gasteiger charge is -2.30. The van der Waals surface area contributed by atoms with Gasteiger partial charge >= 0.3 is 0 Å². The smallest absolute Gasteiger partial charge is 0.132 e. The zero-order chi connectivity index (χ0) is 13.9. The molecule has 5 nitrogen and oxygen atoms in total. The van der Waals surface area contributed by atoms with Crippen molar-refractivity contribution in [2.75, 3.05) is 31.2 Å². The molecule has 0 radical (unpaired) electrons. The lowest BCUT2D eigenvalue weighted by Crippen LogP contribution is -2.34. The summed E-state index contributed by atoms with van der Waals surface area (Å²) in [6.07, 6.45) is 2.91. The normalized spacial score (nSPS) is 23.8. The summed E-state index contributed by atoms with van der Waals surface area (Å²) >= 11 is 0. The van der Waals surface area contributed by atoms with Crippen molar-refractivity contribution in [3.63, 3.8) is 0 Å². The Morgan fingerprint density at radius 1 is 1.30 bits per heavy atom. The minimum absolute atomic E-state index is 0.205. The maximum absolute atomic E-state index is 8.97. The van der Waals surface area contributed by atoms with Gasteiger partial charge in [-0.3, -0.25) is 0 Å². The van der Waals surface area contributed by atoms with Gasteiger partial charge in [-0.2, -0.15) is 5.26 Å². The zero-order valence-electron chi connectivity index (χ0n) is 11.9. The molecule has 0 saturated carbocycles. The van der Waals surface area contributed by atoms with Gasteiger partial charge in [0.15, 0.2) is 0 Å². The monoisotopic (exact) mass is 272 g/mol. The number of nitrogens with zero attached hydrogens (tertiary/aromatic N) is 4. The molecule has 0 aromatic carbocycles. The first-order valence-corrected chi connectivity index (χ1v) is 7.34. The van der Waals surface area contributed by atoms with Crippen molar-refractivity contribution < 1.29 is 4.74 Å². The van der Waals surface area contributed by atoms with Gasteiger partial charge in [0.2, 0.25) is 0 Å². The maximum Gasteiger partial charge on any atom is 0.132 e. The van der Waals surface area contributed by atoms with E-state index in [1.807, 2.05) is 6.92 Å². The predicted octanol–water partition coefficient (Wildman–Crippen LogP) is 2.03. The van der Waals surface area contributed by atoms with Gasteiger partial charge in [0.05, 0.1) is 18.4 Å². The Kier molecular flexibility index (Phi) is 3.83. The second-order valence-corrected chi connectivity index (χ2v) is 5.65. The van der Waals surface area contributed by atoms with Crippen LogP contribution in [0, 0.1) is 24.2 Å². The van der Waals surface area contributed by atoms with E-state index in [1.165, 1.54) is 0 Å². The third-order valence-corrected chi connectivity index (χ3v) is 4.19. The second-order valence-electron chi connectivity index (χ2n) is 5.65. The first kappa shape index (κ1) is 13.3. The highest BCUT2D eigenvalue weighted by Crippen LogP contribution is 2.27. The second kappa shape index (κ2) is 5.76. The van der Waals surface area contributed by atoms with Crippen molar-refractivity contribution in [3.8, 4) is 6.07 Å². The van der Waals surface area contributed by atoms with Gasteiger partial charge in [0.25, 0.3) is 0 Å². The summed E-state index contributed by atoms with van der Waals surface area (Å²) in [5.41, 5.74) is 1.10. The van der Waals surface area contributed by atoms with Crippen molar-refractivity contribution in [3.05, 3.63) is 17.6 Å². The lowest BCUT2D eigenvalue weighted by atomic mass is 9.98. The number of rotatable bonds is 2. The first-order valence-electron chi connectivity index (χ1n) is 7.34. The lowest BCUT2D eigenvalue weighted by molar-refractivity contribution is 0.193. The van der Waals surface area contributed by atoms with Crippen LogP contribution in [-0.2, 0) is 4.74 Å². The molecule has 0 N–H and O–H groups in total. The summed E-state index contributed by atoms with van der Waals surface area (Å²) < 4.78 is 5.46. The van der Waals surface area contributed by atoms with E-state index in [2.05, 4.69) is 27.0 Å². The molecule has 0 bridgehead atoms. The Hall–Kier alpha value is -1.67. The molecule has 106 valence electrons. The average molecular weight is 272 g/mol. The summed E-state index contributed by atoms with van der Waals surface area (Å²) in [4.78, 5) is 11.4. The molecule has 0 unspecified atom stereocenters. The van der Waals surface area contributed by atoms with Gasteiger partial charge in [-0.05, 0) is 26.2 Å². The van der Waals surface area contributed by atoms with Crippen LogP contribution in [0.4, 0.5) is 5.82 Å². The number of aromatic nitrogens is 2. The highest BCUT2D eigenvalue weighted by atomic mass is 16.5. The van der Waals surface area contributed by atoms with E-state index in [4.69, 9.17) is 10.00 Å². The van der Waals surface area contributed by atoms with Crippen LogP contribution in [0.1, 0.15) is 36.7 Å². The van der Waals surface area contributed by atoms with Crippen LogP contribution in [0.15, 0.2) is 6.07 Å². The number of hydrogen-bond acceptors (Lipinski definition) is 5. The molecule has 3 heterocycles. The fourth-order valence-electron chi connectivity index (χ4n) is 2.95. The van der Waals surface area contributed by atoms with Crippen molar-refractivity contribution in [2.45, 2.75) is 32.1 Å². The minimum Gasteiger partial charge on any atom is -0.381 e. The van der Waals surface area contributed by atoms with E-state index >= 15 is 0 Å². The SMILES string of the molecule is Cc1nc([C@H]2CCOC2)cc(N2CCC(C#N)CC2)n1. The Labute approximate surface area is 119 Å². The number of ether oxygens (including phenoxy) is 1. The Morgan fingerprint density at radius 2 is 2.10 bits per heavy atom. The summed E-state index contributed by atoms with van der Waals surface area (Å²) in [6, 6.07) is 4.48. The largest absolute Gasteiger partial charge is 0.381 e. The van der Waals surface area contributed by atoms with Gasteiger partial charge < -0.3 is 9.64 Å². The summed E-state index contributed by atoms with van der Waals surface area (Å²) in [5.74, 6) is 2.45. The van der Waals surface area contributed by atoms with Gasteiger partial charge in [0.1, 0.15) is 11.6 Å². The van der Waals surface area contributed by atoms with Crippen LogP contribution >= 0.6 is 0 Å². The molecule has 2 aliphatic rings.